The van der Waals surface area contributed by atoms with Gasteiger partial charge >= 0.3 is 0 Å². The summed E-state index contributed by atoms with van der Waals surface area (Å²) in [5, 5.41) is 8.57. The highest BCUT2D eigenvalue weighted by atomic mass is 79.9. The van der Waals surface area contributed by atoms with E-state index in [9.17, 15) is 0 Å². The van der Waals surface area contributed by atoms with Crippen molar-refractivity contribution < 1.29 is 4.74 Å². The number of hydrogen-bond acceptors (Lipinski definition) is 2. The van der Waals surface area contributed by atoms with Crippen molar-refractivity contribution in [2.45, 2.75) is 19.3 Å². The van der Waals surface area contributed by atoms with Gasteiger partial charge in [0.2, 0.25) is 0 Å². The summed E-state index contributed by atoms with van der Waals surface area (Å²) in [6.45, 7) is 0.816. The molecule has 1 aliphatic carbocycles. The monoisotopic (exact) mass is 265 g/mol. The van der Waals surface area contributed by atoms with Crippen LogP contribution >= 0.6 is 15.9 Å². The molecule has 0 spiro atoms. The maximum Gasteiger partial charge on any atom is 0.133 e. The zero-order valence-corrected chi connectivity index (χ0v) is 9.96. The minimum atomic E-state index is 0.446. The summed E-state index contributed by atoms with van der Waals surface area (Å²) in [6, 6.07) is 7.95. The van der Waals surface area contributed by atoms with Crippen molar-refractivity contribution >= 4 is 15.9 Å². The molecular weight excluding hydrogens is 254 g/mol. The third kappa shape index (κ3) is 2.97. The molecule has 1 fully saturated rings. The Morgan fingerprint density at radius 2 is 2.27 bits per heavy atom. The second-order valence-corrected chi connectivity index (χ2v) is 4.71. The quantitative estimate of drug-likeness (QED) is 0.837. The highest BCUT2D eigenvalue weighted by Crippen LogP contribution is 2.32. The molecule has 0 unspecified atom stereocenters. The summed E-state index contributed by atoms with van der Waals surface area (Å²) in [6.07, 6.45) is 3.04. The molecule has 3 heteroatoms. The number of nitrogens with zero attached hydrogens (tertiary/aromatic N) is 1. The summed E-state index contributed by atoms with van der Waals surface area (Å²) < 4.78 is 6.60. The van der Waals surface area contributed by atoms with Gasteiger partial charge in [-0.3, -0.25) is 0 Å². The lowest BCUT2D eigenvalue weighted by molar-refractivity contribution is 0.298. The van der Waals surface area contributed by atoms with E-state index in [-0.39, 0.29) is 0 Å². The fourth-order valence-corrected chi connectivity index (χ4v) is 1.90. The highest BCUT2D eigenvalue weighted by Gasteiger charge is 2.22. The van der Waals surface area contributed by atoms with Crippen molar-refractivity contribution in [3.63, 3.8) is 0 Å². The van der Waals surface area contributed by atoms with Gasteiger partial charge in [0, 0.05) is 0 Å². The average molecular weight is 266 g/mol. The van der Waals surface area contributed by atoms with Crippen LogP contribution in [0.4, 0.5) is 0 Å². The van der Waals surface area contributed by atoms with Crippen LogP contribution in [0.25, 0.3) is 0 Å². The maximum absolute atomic E-state index is 8.57. The molecular formula is C12H12BrNO. The molecule has 0 saturated heterocycles. The lowest BCUT2D eigenvalue weighted by Gasteiger charge is -2.08. The molecule has 0 aliphatic heterocycles. The molecule has 1 aliphatic rings. The van der Waals surface area contributed by atoms with Crippen LogP contribution in [-0.4, -0.2) is 6.61 Å². The highest BCUT2D eigenvalue weighted by molar-refractivity contribution is 9.10. The zero-order chi connectivity index (χ0) is 10.7. The average Bonchev–Trinajstić information content (AvgIpc) is 3.01. The van der Waals surface area contributed by atoms with Gasteiger partial charge in [-0.1, -0.05) is 6.07 Å². The summed E-state index contributed by atoms with van der Waals surface area (Å²) in [5.41, 5.74) is 1.02. The van der Waals surface area contributed by atoms with Crippen LogP contribution in [0, 0.1) is 17.2 Å². The normalized spacial score (nSPS) is 14.7. The molecule has 0 radical (unpaired) electrons. The number of ether oxygens (including phenoxy) is 1. The minimum absolute atomic E-state index is 0.446. The molecule has 78 valence electrons. The van der Waals surface area contributed by atoms with Gasteiger partial charge in [-0.05, 0) is 52.4 Å². The number of rotatable bonds is 4. The maximum atomic E-state index is 8.57. The second kappa shape index (κ2) is 4.67. The lowest BCUT2D eigenvalue weighted by Crippen LogP contribution is -1.99. The topological polar surface area (TPSA) is 33.0 Å². The van der Waals surface area contributed by atoms with Gasteiger partial charge in [0.1, 0.15) is 5.75 Å². The van der Waals surface area contributed by atoms with E-state index in [0.717, 1.165) is 28.3 Å². The van der Waals surface area contributed by atoms with Gasteiger partial charge in [0.25, 0.3) is 0 Å². The molecule has 0 N–H and O–H groups in total. The van der Waals surface area contributed by atoms with E-state index in [4.69, 9.17) is 10.00 Å². The first-order chi connectivity index (χ1) is 7.29. The number of halogens is 1. The van der Waals surface area contributed by atoms with E-state index in [1.807, 2.05) is 18.2 Å². The van der Waals surface area contributed by atoms with Crippen molar-refractivity contribution in [2.75, 3.05) is 6.61 Å². The third-order valence-electron chi connectivity index (χ3n) is 2.45. The Hall–Kier alpha value is -1.01. The molecule has 0 heterocycles. The van der Waals surface area contributed by atoms with Crippen molar-refractivity contribution in [1.82, 2.24) is 0 Å². The Morgan fingerprint density at radius 3 is 2.87 bits per heavy atom. The van der Waals surface area contributed by atoms with Gasteiger partial charge < -0.3 is 4.74 Å². The molecule has 0 aromatic heterocycles. The summed E-state index contributed by atoms with van der Waals surface area (Å²) in [4.78, 5) is 0. The first kappa shape index (κ1) is 10.5. The largest absolute Gasteiger partial charge is 0.492 e. The summed E-state index contributed by atoms with van der Waals surface area (Å²) in [7, 11) is 0. The Balaban J connectivity index is 2.01. The Labute approximate surface area is 98.0 Å². The van der Waals surface area contributed by atoms with E-state index in [1.54, 1.807) is 0 Å². The van der Waals surface area contributed by atoms with Crippen LogP contribution in [0.2, 0.25) is 0 Å². The van der Waals surface area contributed by atoms with Gasteiger partial charge in [0.05, 0.1) is 23.6 Å². The van der Waals surface area contributed by atoms with Gasteiger partial charge in [0.15, 0.2) is 0 Å². The molecule has 2 rings (SSSR count). The van der Waals surface area contributed by atoms with Crippen molar-refractivity contribution in [2.24, 2.45) is 5.92 Å². The molecule has 1 aromatic rings. The Bertz CT molecular complexity index is 393. The molecule has 0 amide bonds. The van der Waals surface area contributed by atoms with Crippen LogP contribution in [0.3, 0.4) is 0 Å². The standard InChI is InChI=1S/C12H12BrNO/c13-11-7-9(5-6-14)3-4-12(11)15-8-10-1-2-10/h3-4,7,10H,1-2,5,8H2. The summed E-state index contributed by atoms with van der Waals surface area (Å²) in [5.74, 6) is 1.64. The molecule has 1 aromatic carbocycles. The van der Waals surface area contributed by atoms with Gasteiger partial charge in [-0.15, -0.1) is 0 Å². The van der Waals surface area contributed by atoms with Crippen LogP contribution in [-0.2, 0) is 6.42 Å². The molecule has 2 nitrogen and oxygen atoms in total. The van der Waals surface area contributed by atoms with Crippen LogP contribution in [0.15, 0.2) is 22.7 Å². The van der Waals surface area contributed by atoms with Gasteiger partial charge in [-0.2, -0.15) is 5.26 Å². The molecule has 15 heavy (non-hydrogen) atoms. The van der Waals surface area contributed by atoms with Crippen molar-refractivity contribution in [1.29, 1.82) is 5.26 Å². The lowest BCUT2D eigenvalue weighted by atomic mass is 10.2. The fourth-order valence-electron chi connectivity index (χ4n) is 1.35. The first-order valence-corrected chi connectivity index (χ1v) is 5.87. The van der Waals surface area contributed by atoms with Crippen LogP contribution in [0.5, 0.6) is 5.75 Å². The van der Waals surface area contributed by atoms with Crippen molar-refractivity contribution in [3.8, 4) is 11.8 Å². The minimum Gasteiger partial charge on any atom is -0.492 e. The number of hydrogen-bond donors (Lipinski definition) is 0. The Kier molecular flexibility index (Phi) is 3.27. The second-order valence-electron chi connectivity index (χ2n) is 3.85. The number of benzene rings is 1. The van der Waals surface area contributed by atoms with E-state index in [2.05, 4.69) is 22.0 Å². The van der Waals surface area contributed by atoms with Gasteiger partial charge in [-0.25, -0.2) is 0 Å². The predicted octanol–water partition coefficient (Wildman–Crippen LogP) is 3.30. The first-order valence-electron chi connectivity index (χ1n) is 5.08. The van der Waals surface area contributed by atoms with Crippen LogP contribution < -0.4 is 4.74 Å². The van der Waals surface area contributed by atoms with E-state index < -0.39 is 0 Å². The Morgan fingerprint density at radius 1 is 1.47 bits per heavy atom. The SMILES string of the molecule is N#CCc1ccc(OCC2CC2)c(Br)c1. The molecule has 0 atom stereocenters. The summed E-state index contributed by atoms with van der Waals surface area (Å²) >= 11 is 3.45. The fraction of sp³-hybridized carbons (Fsp3) is 0.417. The van der Waals surface area contributed by atoms with E-state index in [1.165, 1.54) is 12.8 Å². The third-order valence-corrected chi connectivity index (χ3v) is 3.07. The smallest absolute Gasteiger partial charge is 0.133 e. The van der Waals surface area contributed by atoms with E-state index in [0.29, 0.717) is 6.42 Å². The van der Waals surface area contributed by atoms with Crippen molar-refractivity contribution in [3.05, 3.63) is 28.2 Å². The van der Waals surface area contributed by atoms with E-state index >= 15 is 0 Å². The zero-order valence-electron chi connectivity index (χ0n) is 8.37. The predicted molar refractivity (Wildman–Crippen MR) is 61.7 cm³/mol. The molecule has 1 saturated carbocycles. The number of nitriles is 1. The van der Waals surface area contributed by atoms with Crippen LogP contribution in [0.1, 0.15) is 18.4 Å². The molecule has 0 bridgehead atoms.